The molecule has 0 saturated heterocycles. The fraction of sp³-hybridized carbons (Fsp3) is 0.400. The van der Waals surface area contributed by atoms with E-state index in [0.717, 1.165) is 12.3 Å². The average Bonchev–Trinajstić information content (AvgIpc) is 2.36. The number of pyridine rings is 1. The summed E-state index contributed by atoms with van der Waals surface area (Å²) in [6.07, 6.45) is 5.54. The van der Waals surface area contributed by atoms with Gasteiger partial charge in [-0.1, -0.05) is 51.0 Å². The average molecular weight is 213 g/mol. The van der Waals surface area contributed by atoms with Crippen LogP contribution in [0.2, 0.25) is 0 Å². The summed E-state index contributed by atoms with van der Waals surface area (Å²) in [6.45, 7) is 4.54. The van der Waals surface area contributed by atoms with Crippen molar-refractivity contribution >= 4 is 10.9 Å². The van der Waals surface area contributed by atoms with Crippen molar-refractivity contribution < 1.29 is 0 Å². The highest BCUT2D eigenvalue weighted by Gasteiger charge is 2.08. The number of hydrogen-bond donors (Lipinski definition) is 0. The molecule has 2 aromatic rings. The Balaban J connectivity index is 2.36. The molecule has 1 aromatic carbocycles. The molecule has 0 fully saturated rings. The number of rotatable bonds is 4. The van der Waals surface area contributed by atoms with Crippen LogP contribution in [0.15, 0.2) is 36.5 Å². The summed E-state index contributed by atoms with van der Waals surface area (Å²) in [4.78, 5) is 4.50. The number of fused-ring (bicyclic) bond motifs is 1. The third-order valence-electron chi connectivity index (χ3n) is 3.38. The zero-order valence-electron chi connectivity index (χ0n) is 10.1. The Labute approximate surface area is 97.5 Å². The van der Waals surface area contributed by atoms with E-state index in [1.54, 1.807) is 0 Å². The monoisotopic (exact) mass is 213 g/mol. The molecule has 1 heterocycles. The van der Waals surface area contributed by atoms with Crippen molar-refractivity contribution in [3.63, 3.8) is 0 Å². The van der Waals surface area contributed by atoms with Crippen LogP contribution in [-0.2, 0) is 6.42 Å². The van der Waals surface area contributed by atoms with Crippen molar-refractivity contribution in [2.75, 3.05) is 0 Å². The standard InChI is InChI=1S/C15H19N/c1-3-12(4-2)11-14-8-5-7-13-9-6-10-16-15(13)14/h5-10,12H,3-4,11H2,1-2H3. The first-order chi connectivity index (χ1) is 7.85. The lowest BCUT2D eigenvalue weighted by atomic mass is 9.93. The minimum absolute atomic E-state index is 0.785. The SMILES string of the molecule is CCC(CC)Cc1cccc2cccnc12. The van der Waals surface area contributed by atoms with Gasteiger partial charge in [-0.3, -0.25) is 4.98 Å². The Hall–Kier alpha value is -1.37. The molecule has 0 aliphatic heterocycles. The van der Waals surface area contributed by atoms with E-state index < -0.39 is 0 Å². The van der Waals surface area contributed by atoms with Gasteiger partial charge in [0.05, 0.1) is 5.52 Å². The molecule has 16 heavy (non-hydrogen) atoms. The lowest BCUT2D eigenvalue weighted by molar-refractivity contribution is 0.492. The van der Waals surface area contributed by atoms with Crippen LogP contribution in [0.5, 0.6) is 0 Å². The van der Waals surface area contributed by atoms with E-state index in [-0.39, 0.29) is 0 Å². The largest absolute Gasteiger partial charge is 0.256 e. The summed E-state index contributed by atoms with van der Waals surface area (Å²) in [6, 6.07) is 10.6. The van der Waals surface area contributed by atoms with Gasteiger partial charge in [0.25, 0.3) is 0 Å². The van der Waals surface area contributed by atoms with Crippen LogP contribution in [0.25, 0.3) is 10.9 Å². The van der Waals surface area contributed by atoms with Crippen molar-refractivity contribution in [3.8, 4) is 0 Å². The molecule has 1 nitrogen and oxygen atoms in total. The minimum atomic E-state index is 0.785. The molecule has 0 radical (unpaired) electrons. The van der Waals surface area contributed by atoms with Crippen molar-refractivity contribution in [1.82, 2.24) is 4.98 Å². The molecule has 0 amide bonds. The third-order valence-corrected chi connectivity index (χ3v) is 3.38. The first kappa shape index (κ1) is 11.1. The van der Waals surface area contributed by atoms with Crippen molar-refractivity contribution in [2.45, 2.75) is 33.1 Å². The zero-order chi connectivity index (χ0) is 11.4. The highest BCUT2D eigenvalue weighted by atomic mass is 14.6. The lowest BCUT2D eigenvalue weighted by Crippen LogP contribution is -2.02. The van der Waals surface area contributed by atoms with Gasteiger partial charge in [-0.25, -0.2) is 0 Å². The summed E-state index contributed by atoms with van der Waals surface area (Å²) < 4.78 is 0. The van der Waals surface area contributed by atoms with E-state index in [1.165, 1.54) is 29.3 Å². The predicted octanol–water partition coefficient (Wildman–Crippen LogP) is 4.21. The van der Waals surface area contributed by atoms with Gasteiger partial charge < -0.3 is 0 Å². The smallest absolute Gasteiger partial charge is 0.0733 e. The molecular formula is C15H19N. The molecule has 0 N–H and O–H groups in total. The molecule has 0 saturated carbocycles. The molecule has 0 bridgehead atoms. The van der Waals surface area contributed by atoms with Gasteiger partial charge in [-0.15, -0.1) is 0 Å². The Kier molecular flexibility index (Phi) is 3.55. The van der Waals surface area contributed by atoms with Crippen molar-refractivity contribution in [3.05, 3.63) is 42.1 Å². The van der Waals surface area contributed by atoms with Crippen LogP contribution in [0, 0.1) is 5.92 Å². The van der Waals surface area contributed by atoms with Crippen LogP contribution in [0.1, 0.15) is 32.3 Å². The topological polar surface area (TPSA) is 12.9 Å². The molecule has 0 aliphatic carbocycles. The third kappa shape index (κ3) is 2.24. The maximum absolute atomic E-state index is 4.50. The van der Waals surface area contributed by atoms with Crippen molar-refractivity contribution in [1.29, 1.82) is 0 Å². The summed E-state index contributed by atoms with van der Waals surface area (Å²) in [5.41, 5.74) is 2.57. The molecule has 0 unspecified atom stereocenters. The first-order valence-corrected chi connectivity index (χ1v) is 6.17. The fourth-order valence-electron chi connectivity index (χ4n) is 2.22. The number of benzene rings is 1. The molecule has 1 aromatic heterocycles. The molecule has 0 atom stereocenters. The Morgan fingerprint density at radius 1 is 1.06 bits per heavy atom. The van der Waals surface area contributed by atoms with E-state index in [1.807, 2.05) is 12.3 Å². The van der Waals surface area contributed by atoms with Crippen LogP contribution in [-0.4, -0.2) is 4.98 Å². The Morgan fingerprint density at radius 3 is 2.56 bits per heavy atom. The molecule has 0 aliphatic rings. The molecule has 2 rings (SSSR count). The second-order valence-corrected chi connectivity index (χ2v) is 4.38. The van der Waals surface area contributed by atoms with Gasteiger partial charge in [-0.05, 0) is 24.0 Å². The molecule has 0 spiro atoms. The second kappa shape index (κ2) is 5.11. The van der Waals surface area contributed by atoms with Gasteiger partial charge in [0.2, 0.25) is 0 Å². The summed E-state index contributed by atoms with van der Waals surface area (Å²) >= 11 is 0. The molecule has 84 valence electrons. The summed E-state index contributed by atoms with van der Waals surface area (Å²) in [7, 11) is 0. The van der Waals surface area contributed by atoms with E-state index in [2.05, 4.69) is 43.1 Å². The zero-order valence-corrected chi connectivity index (χ0v) is 10.1. The number of aromatic nitrogens is 1. The van der Waals surface area contributed by atoms with Gasteiger partial charge in [0.15, 0.2) is 0 Å². The van der Waals surface area contributed by atoms with Crippen LogP contribution < -0.4 is 0 Å². The summed E-state index contributed by atoms with van der Waals surface area (Å²) in [5.74, 6) is 0.785. The summed E-state index contributed by atoms with van der Waals surface area (Å²) in [5, 5.41) is 1.26. The van der Waals surface area contributed by atoms with Gasteiger partial charge in [-0.2, -0.15) is 0 Å². The van der Waals surface area contributed by atoms with Gasteiger partial charge >= 0.3 is 0 Å². The quantitative estimate of drug-likeness (QED) is 0.741. The van der Waals surface area contributed by atoms with Crippen LogP contribution in [0.4, 0.5) is 0 Å². The van der Waals surface area contributed by atoms with E-state index >= 15 is 0 Å². The number of nitrogens with zero attached hydrogens (tertiary/aromatic N) is 1. The van der Waals surface area contributed by atoms with E-state index in [0.29, 0.717) is 0 Å². The highest BCUT2D eigenvalue weighted by molar-refractivity contribution is 5.81. The molecule has 1 heteroatoms. The predicted molar refractivity (Wildman–Crippen MR) is 69.5 cm³/mol. The van der Waals surface area contributed by atoms with Gasteiger partial charge in [0.1, 0.15) is 0 Å². The van der Waals surface area contributed by atoms with Crippen LogP contribution >= 0.6 is 0 Å². The van der Waals surface area contributed by atoms with E-state index in [9.17, 15) is 0 Å². The Bertz CT molecular complexity index is 452. The normalized spacial score (nSPS) is 11.2. The van der Waals surface area contributed by atoms with E-state index in [4.69, 9.17) is 0 Å². The van der Waals surface area contributed by atoms with Crippen LogP contribution in [0.3, 0.4) is 0 Å². The minimum Gasteiger partial charge on any atom is -0.256 e. The highest BCUT2D eigenvalue weighted by Crippen LogP contribution is 2.21. The fourth-order valence-corrected chi connectivity index (χ4v) is 2.22. The Morgan fingerprint density at radius 2 is 1.81 bits per heavy atom. The first-order valence-electron chi connectivity index (χ1n) is 6.17. The number of hydrogen-bond acceptors (Lipinski definition) is 1. The molecular weight excluding hydrogens is 194 g/mol. The maximum atomic E-state index is 4.50. The van der Waals surface area contributed by atoms with Gasteiger partial charge in [0, 0.05) is 11.6 Å². The second-order valence-electron chi connectivity index (χ2n) is 4.38. The maximum Gasteiger partial charge on any atom is 0.0733 e. The number of para-hydroxylation sites is 1. The lowest BCUT2D eigenvalue weighted by Gasteiger charge is -2.13. The van der Waals surface area contributed by atoms with Crippen molar-refractivity contribution in [2.24, 2.45) is 5.92 Å².